The molecule has 0 saturated carbocycles. The van der Waals surface area contributed by atoms with E-state index in [0.29, 0.717) is 13.0 Å². The number of nitrogens with two attached hydrogens (primary N) is 1. The van der Waals surface area contributed by atoms with E-state index in [1.54, 1.807) is 0 Å². The third kappa shape index (κ3) is 5.02. The van der Waals surface area contributed by atoms with Crippen molar-refractivity contribution >= 4 is 5.91 Å². The van der Waals surface area contributed by atoms with E-state index in [9.17, 15) is 4.79 Å². The number of hydrogen-bond acceptors (Lipinski definition) is 4. The molecular weight excluding hydrogens is 218 g/mol. The molecule has 2 unspecified atom stereocenters. The van der Waals surface area contributed by atoms with Crippen LogP contribution in [0, 0.1) is 0 Å². The summed E-state index contributed by atoms with van der Waals surface area (Å²) >= 11 is 0. The molecule has 0 radical (unpaired) electrons. The van der Waals surface area contributed by atoms with Gasteiger partial charge in [-0.1, -0.05) is 6.92 Å². The Balaban J connectivity index is 2.38. The molecule has 17 heavy (non-hydrogen) atoms. The first kappa shape index (κ1) is 14.4. The van der Waals surface area contributed by atoms with Crippen LogP contribution >= 0.6 is 0 Å². The molecule has 0 aromatic rings. The lowest BCUT2D eigenvalue weighted by molar-refractivity contribution is -0.123. The minimum absolute atomic E-state index is 0.0986. The fourth-order valence-electron chi connectivity index (χ4n) is 2.09. The summed E-state index contributed by atoms with van der Waals surface area (Å²) in [5.74, 6) is 0.0986. The number of morpholine rings is 1. The Hall–Kier alpha value is -0.650. The van der Waals surface area contributed by atoms with Crippen LogP contribution in [0.2, 0.25) is 0 Å². The lowest BCUT2D eigenvalue weighted by atomic mass is 10.1. The maximum Gasteiger partial charge on any atom is 0.221 e. The van der Waals surface area contributed by atoms with Gasteiger partial charge in [0.2, 0.25) is 5.91 Å². The average Bonchev–Trinajstić information content (AvgIpc) is 2.33. The molecule has 0 spiro atoms. The van der Waals surface area contributed by atoms with E-state index >= 15 is 0 Å². The van der Waals surface area contributed by atoms with Crippen molar-refractivity contribution in [2.45, 2.75) is 38.8 Å². The Labute approximate surface area is 104 Å². The Morgan fingerprint density at radius 2 is 2.41 bits per heavy atom. The molecule has 0 aromatic carbocycles. The Bertz CT molecular complexity index is 236. The van der Waals surface area contributed by atoms with Crippen LogP contribution in [0.4, 0.5) is 0 Å². The van der Waals surface area contributed by atoms with E-state index in [2.05, 4.69) is 17.1 Å². The van der Waals surface area contributed by atoms with E-state index in [1.165, 1.54) is 0 Å². The second-order valence-corrected chi connectivity index (χ2v) is 4.62. The van der Waals surface area contributed by atoms with Gasteiger partial charge in [-0.3, -0.25) is 9.69 Å². The van der Waals surface area contributed by atoms with Gasteiger partial charge in [0, 0.05) is 38.6 Å². The molecule has 3 N–H and O–H groups in total. The molecule has 1 amide bonds. The lowest BCUT2D eigenvalue weighted by Crippen LogP contribution is -2.51. The van der Waals surface area contributed by atoms with Crippen molar-refractivity contribution in [3.8, 4) is 0 Å². The van der Waals surface area contributed by atoms with Crippen LogP contribution in [0.3, 0.4) is 0 Å². The summed E-state index contributed by atoms with van der Waals surface area (Å²) in [6, 6.07) is 0.137. The van der Waals surface area contributed by atoms with Crippen molar-refractivity contribution in [3.63, 3.8) is 0 Å². The zero-order valence-electron chi connectivity index (χ0n) is 10.9. The summed E-state index contributed by atoms with van der Waals surface area (Å²) in [4.78, 5) is 13.9. The third-order valence-electron chi connectivity index (χ3n) is 3.05. The number of nitrogens with one attached hydrogen (secondary N) is 1. The van der Waals surface area contributed by atoms with Gasteiger partial charge in [0.25, 0.3) is 0 Å². The average molecular weight is 243 g/mol. The molecular formula is C12H25N3O2. The third-order valence-corrected chi connectivity index (χ3v) is 3.05. The van der Waals surface area contributed by atoms with Crippen molar-refractivity contribution in [1.29, 1.82) is 0 Å². The Morgan fingerprint density at radius 1 is 1.65 bits per heavy atom. The first-order chi connectivity index (χ1) is 8.17. The zero-order valence-corrected chi connectivity index (χ0v) is 10.9. The second-order valence-electron chi connectivity index (χ2n) is 4.62. The van der Waals surface area contributed by atoms with Gasteiger partial charge in [0.15, 0.2) is 0 Å². The number of ether oxygens (including phenoxy) is 1. The number of hydrogen-bond donors (Lipinski definition) is 2. The van der Waals surface area contributed by atoms with Gasteiger partial charge in [-0.25, -0.2) is 0 Å². The van der Waals surface area contributed by atoms with Gasteiger partial charge < -0.3 is 15.8 Å². The quantitative estimate of drug-likeness (QED) is 0.686. The predicted molar refractivity (Wildman–Crippen MR) is 67.7 cm³/mol. The highest BCUT2D eigenvalue weighted by atomic mass is 16.5. The second kappa shape index (κ2) is 7.63. The minimum Gasteiger partial charge on any atom is -0.376 e. The highest BCUT2D eigenvalue weighted by Gasteiger charge is 2.24. The van der Waals surface area contributed by atoms with Gasteiger partial charge in [0.05, 0.1) is 12.7 Å². The van der Waals surface area contributed by atoms with E-state index in [-0.39, 0.29) is 18.1 Å². The SMILES string of the molecule is CCCNC(=O)CC(CN)N1CCOC(C)C1. The summed E-state index contributed by atoms with van der Waals surface area (Å²) in [5, 5.41) is 2.90. The summed E-state index contributed by atoms with van der Waals surface area (Å²) < 4.78 is 5.49. The smallest absolute Gasteiger partial charge is 0.221 e. The molecule has 1 heterocycles. The number of nitrogens with zero attached hydrogens (tertiary/aromatic N) is 1. The van der Waals surface area contributed by atoms with Gasteiger partial charge in [-0.05, 0) is 13.3 Å². The van der Waals surface area contributed by atoms with Crippen molar-refractivity contribution in [2.24, 2.45) is 5.73 Å². The maximum absolute atomic E-state index is 11.7. The highest BCUT2D eigenvalue weighted by Crippen LogP contribution is 2.10. The molecule has 100 valence electrons. The predicted octanol–water partition coefficient (Wildman–Crippen LogP) is -0.0493. The van der Waals surface area contributed by atoms with E-state index in [4.69, 9.17) is 10.5 Å². The molecule has 5 nitrogen and oxygen atoms in total. The van der Waals surface area contributed by atoms with Crippen LogP contribution in [-0.4, -0.2) is 55.7 Å². The molecule has 0 aliphatic carbocycles. The zero-order chi connectivity index (χ0) is 12.7. The van der Waals surface area contributed by atoms with Crippen LogP contribution in [0.5, 0.6) is 0 Å². The van der Waals surface area contributed by atoms with Crippen LogP contribution in [0.15, 0.2) is 0 Å². The van der Waals surface area contributed by atoms with E-state index < -0.39 is 0 Å². The fourth-order valence-corrected chi connectivity index (χ4v) is 2.09. The lowest BCUT2D eigenvalue weighted by Gasteiger charge is -2.36. The summed E-state index contributed by atoms with van der Waals surface area (Å²) in [5.41, 5.74) is 5.76. The van der Waals surface area contributed by atoms with Gasteiger partial charge in [-0.15, -0.1) is 0 Å². The monoisotopic (exact) mass is 243 g/mol. The van der Waals surface area contributed by atoms with Crippen LogP contribution in [-0.2, 0) is 9.53 Å². The van der Waals surface area contributed by atoms with Crippen molar-refractivity contribution in [2.75, 3.05) is 32.8 Å². The molecule has 1 aliphatic heterocycles. The van der Waals surface area contributed by atoms with Gasteiger partial charge in [0.1, 0.15) is 0 Å². The molecule has 1 rings (SSSR count). The van der Waals surface area contributed by atoms with Crippen LogP contribution < -0.4 is 11.1 Å². The summed E-state index contributed by atoms with van der Waals surface area (Å²) in [6.07, 6.45) is 1.69. The molecule has 0 aromatic heterocycles. The number of carbonyl (C=O) groups excluding carboxylic acids is 1. The first-order valence-electron chi connectivity index (χ1n) is 6.49. The molecule has 0 bridgehead atoms. The van der Waals surface area contributed by atoms with E-state index in [1.807, 2.05) is 6.92 Å². The summed E-state index contributed by atoms with van der Waals surface area (Å²) in [7, 11) is 0. The normalized spacial score (nSPS) is 23.4. The molecule has 1 saturated heterocycles. The minimum atomic E-state index is 0.0986. The Morgan fingerprint density at radius 3 is 3.00 bits per heavy atom. The highest BCUT2D eigenvalue weighted by molar-refractivity contribution is 5.76. The Kier molecular flexibility index (Phi) is 6.47. The first-order valence-corrected chi connectivity index (χ1v) is 6.49. The molecule has 1 fully saturated rings. The molecule has 5 heteroatoms. The fraction of sp³-hybridized carbons (Fsp3) is 0.917. The molecule has 1 aliphatic rings. The maximum atomic E-state index is 11.7. The van der Waals surface area contributed by atoms with Crippen LogP contribution in [0.25, 0.3) is 0 Å². The standard InChI is InChI=1S/C12H25N3O2/c1-3-4-14-12(16)7-11(8-13)15-5-6-17-10(2)9-15/h10-11H,3-9,13H2,1-2H3,(H,14,16). The van der Waals surface area contributed by atoms with Crippen molar-refractivity contribution < 1.29 is 9.53 Å². The number of amides is 1. The van der Waals surface area contributed by atoms with E-state index in [0.717, 1.165) is 32.7 Å². The van der Waals surface area contributed by atoms with Gasteiger partial charge in [-0.2, -0.15) is 0 Å². The summed E-state index contributed by atoms with van der Waals surface area (Å²) in [6.45, 7) is 7.83. The topological polar surface area (TPSA) is 67.6 Å². The van der Waals surface area contributed by atoms with Crippen molar-refractivity contribution in [1.82, 2.24) is 10.2 Å². The number of carbonyl (C=O) groups is 1. The van der Waals surface area contributed by atoms with Crippen molar-refractivity contribution in [3.05, 3.63) is 0 Å². The number of rotatable bonds is 6. The largest absolute Gasteiger partial charge is 0.376 e. The van der Waals surface area contributed by atoms with Crippen LogP contribution in [0.1, 0.15) is 26.7 Å². The van der Waals surface area contributed by atoms with Gasteiger partial charge >= 0.3 is 0 Å². The molecule has 2 atom stereocenters.